The van der Waals surface area contributed by atoms with Crippen molar-refractivity contribution in [3.8, 4) is 0 Å². The molecule has 0 spiro atoms. The summed E-state index contributed by atoms with van der Waals surface area (Å²) in [6.07, 6.45) is 1.05. The van der Waals surface area contributed by atoms with Gasteiger partial charge in [0.2, 0.25) is 0 Å². The van der Waals surface area contributed by atoms with E-state index in [1.54, 1.807) is 12.1 Å². The zero-order chi connectivity index (χ0) is 15.1. The number of hydrogen-bond acceptors (Lipinski definition) is 2. The van der Waals surface area contributed by atoms with E-state index in [9.17, 15) is 4.39 Å². The monoisotopic (exact) mass is 286 g/mol. The highest BCUT2D eigenvalue weighted by atomic mass is 19.1. The molecule has 1 N–H and O–H groups in total. The molecule has 0 fully saturated rings. The summed E-state index contributed by atoms with van der Waals surface area (Å²) in [5, 5.41) is 3.44. The second-order valence-electron chi connectivity index (χ2n) is 5.34. The van der Waals surface area contributed by atoms with Crippen LogP contribution < -0.4 is 10.2 Å². The van der Waals surface area contributed by atoms with Crippen molar-refractivity contribution in [2.75, 3.05) is 25.0 Å². The van der Waals surface area contributed by atoms with Gasteiger partial charge in [0, 0.05) is 25.3 Å². The highest BCUT2D eigenvalue weighted by Crippen LogP contribution is 2.14. The number of benzene rings is 2. The number of nitrogens with one attached hydrogen (secondary N) is 1. The lowest BCUT2D eigenvalue weighted by molar-refractivity contribution is 0.552. The maximum atomic E-state index is 13.2. The predicted octanol–water partition coefficient (Wildman–Crippen LogP) is 4.00. The minimum atomic E-state index is -0.176. The van der Waals surface area contributed by atoms with Crippen molar-refractivity contribution in [3.05, 3.63) is 66.0 Å². The Morgan fingerprint density at radius 2 is 1.86 bits per heavy atom. The molecule has 0 aliphatic carbocycles. The predicted molar refractivity (Wildman–Crippen MR) is 87.1 cm³/mol. The van der Waals surface area contributed by atoms with Crippen molar-refractivity contribution in [1.29, 1.82) is 0 Å². The molecule has 2 aromatic rings. The summed E-state index contributed by atoms with van der Waals surface area (Å²) in [6, 6.07) is 17.3. The number of nitrogens with zero attached hydrogens (tertiary/aromatic N) is 1. The van der Waals surface area contributed by atoms with Gasteiger partial charge in [0.25, 0.3) is 0 Å². The van der Waals surface area contributed by atoms with Crippen LogP contribution in [0.1, 0.15) is 24.9 Å². The average Bonchev–Trinajstić information content (AvgIpc) is 2.52. The van der Waals surface area contributed by atoms with Crippen LogP contribution in [-0.2, 0) is 0 Å². The third kappa shape index (κ3) is 4.87. The first kappa shape index (κ1) is 15.5. The van der Waals surface area contributed by atoms with Crippen molar-refractivity contribution >= 4 is 5.69 Å². The number of hydrogen-bond donors (Lipinski definition) is 1. The molecule has 112 valence electrons. The van der Waals surface area contributed by atoms with Crippen LogP contribution in [-0.4, -0.2) is 20.1 Å². The highest BCUT2D eigenvalue weighted by Gasteiger charge is 2.05. The van der Waals surface area contributed by atoms with Crippen LogP contribution in [0.25, 0.3) is 0 Å². The van der Waals surface area contributed by atoms with Crippen LogP contribution in [0.3, 0.4) is 0 Å². The molecule has 2 rings (SSSR count). The van der Waals surface area contributed by atoms with E-state index >= 15 is 0 Å². The second-order valence-corrected chi connectivity index (χ2v) is 5.34. The van der Waals surface area contributed by atoms with Gasteiger partial charge in [-0.2, -0.15) is 0 Å². The summed E-state index contributed by atoms with van der Waals surface area (Å²) in [6.45, 7) is 3.97. The van der Waals surface area contributed by atoms with E-state index in [2.05, 4.69) is 48.5 Å². The van der Waals surface area contributed by atoms with Gasteiger partial charge in [-0.3, -0.25) is 0 Å². The van der Waals surface area contributed by atoms with E-state index in [1.165, 1.54) is 11.8 Å². The first-order valence-corrected chi connectivity index (χ1v) is 7.42. The number of para-hydroxylation sites is 1. The maximum absolute atomic E-state index is 13.2. The van der Waals surface area contributed by atoms with Crippen LogP contribution in [0.5, 0.6) is 0 Å². The Kier molecular flexibility index (Phi) is 5.76. The van der Waals surface area contributed by atoms with Gasteiger partial charge in [0.1, 0.15) is 5.82 Å². The van der Waals surface area contributed by atoms with Crippen LogP contribution in [0.2, 0.25) is 0 Å². The van der Waals surface area contributed by atoms with E-state index in [0.29, 0.717) is 0 Å². The van der Waals surface area contributed by atoms with E-state index in [1.807, 2.05) is 12.1 Å². The fourth-order valence-electron chi connectivity index (χ4n) is 2.34. The Morgan fingerprint density at radius 1 is 1.10 bits per heavy atom. The van der Waals surface area contributed by atoms with Crippen molar-refractivity contribution in [2.24, 2.45) is 0 Å². The van der Waals surface area contributed by atoms with Crippen LogP contribution in [0.15, 0.2) is 54.6 Å². The standard InChI is InChI=1S/C18H23FN2/c1-15(16-8-6-9-17(19)14-16)20-12-7-13-21(2)18-10-4-3-5-11-18/h3-6,8-11,14-15,20H,7,12-13H2,1-2H3. The summed E-state index contributed by atoms with van der Waals surface area (Å²) in [5.74, 6) is -0.176. The number of anilines is 1. The largest absolute Gasteiger partial charge is 0.375 e. The van der Waals surface area contributed by atoms with Crippen LogP contribution in [0.4, 0.5) is 10.1 Å². The molecule has 0 saturated heterocycles. The topological polar surface area (TPSA) is 15.3 Å². The molecule has 1 atom stereocenters. The Labute approximate surface area is 126 Å². The molecule has 3 heteroatoms. The van der Waals surface area contributed by atoms with Crippen molar-refractivity contribution in [2.45, 2.75) is 19.4 Å². The van der Waals surface area contributed by atoms with E-state index in [4.69, 9.17) is 0 Å². The second kappa shape index (κ2) is 7.79. The lowest BCUT2D eigenvalue weighted by Gasteiger charge is -2.20. The van der Waals surface area contributed by atoms with E-state index in [-0.39, 0.29) is 11.9 Å². The molecule has 0 aromatic heterocycles. The Balaban J connectivity index is 1.72. The zero-order valence-corrected chi connectivity index (χ0v) is 12.7. The molecule has 0 amide bonds. The van der Waals surface area contributed by atoms with Crippen molar-refractivity contribution in [1.82, 2.24) is 5.32 Å². The lowest BCUT2D eigenvalue weighted by atomic mass is 10.1. The first-order valence-electron chi connectivity index (χ1n) is 7.42. The minimum Gasteiger partial charge on any atom is -0.375 e. The molecule has 2 aromatic carbocycles. The summed E-state index contributed by atoms with van der Waals surface area (Å²) >= 11 is 0. The van der Waals surface area contributed by atoms with Crippen LogP contribution >= 0.6 is 0 Å². The Hall–Kier alpha value is -1.87. The highest BCUT2D eigenvalue weighted by molar-refractivity contribution is 5.44. The van der Waals surface area contributed by atoms with Crippen molar-refractivity contribution in [3.63, 3.8) is 0 Å². The first-order chi connectivity index (χ1) is 10.2. The molecule has 0 bridgehead atoms. The van der Waals surface area contributed by atoms with E-state index < -0.39 is 0 Å². The molecule has 0 aliphatic heterocycles. The molecule has 0 saturated carbocycles. The van der Waals surface area contributed by atoms with Gasteiger partial charge in [-0.15, -0.1) is 0 Å². The number of halogens is 1. The van der Waals surface area contributed by atoms with Gasteiger partial charge < -0.3 is 10.2 Å². The molecule has 0 aliphatic rings. The maximum Gasteiger partial charge on any atom is 0.123 e. The van der Waals surface area contributed by atoms with Gasteiger partial charge in [0.15, 0.2) is 0 Å². The summed E-state index contributed by atoms with van der Waals surface area (Å²) in [7, 11) is 2.10. The molecule has 1 unspecified atom stereocenters. The van der Waals surface area contributed by atoms with Crippen LogP contribution in [0, 0.1) is 5.82 Å². The molecule has 2 nitrogen and oxygen atoms in total. The summed E-state index contributed by atoms with van der Waals surface area (Å²) < 4.78 is 13.2. The third-order valence-electron chi connectivity index (χ3n) is 3.67. The molecule has 21 heavy (non-hydrogen) atoms. The quantitative estimate of drug-likeness (QED) is 0.774. The van der Waals surface area contributed by atoms with Gasteiger partial charge in [0.05, 0.1) is 0 Å². The van der Waals surface area contributed by atoms with Gasteiger partial charge in [-0.1, -0.05) is 30.3 Å². The average molecular weight is 286 g/mol. The fourth-order valence-corrected chi connectivity index (χ4v) is 2.34. The van der Waals surface area contributed by atoms with Crippen molar-refractivity contribution < 1.29 is 4.39 Å². The number of rotatable bonds is 7. The third-order valence-corrected chi connectivity index (χ3v) is 3.67. The molecule has 0 radical (unpaired) electrons. The smallest absolute Gasteiger partial charge is 0.123 e. The van der Waals surface area contributed by atoms with E-state index in [0.717, 1.165) is 25.1 Å². The SMILES string of the molecule is CC(NCCCN(C)c1ccccc1)c1cccc(F)c1. The molecular formula is C18H23FN2. The molecular weight excluding hydrogens is 263 g/mol. The Morgan fingerprint density at radius 3 is 2.57 bits per heavy atom. The van der Waals surface area contributed by atoms with Gasteiger partial charge in [-0.25, -0.2) is 4.39 Å². The summed E-state index contributed by atoms with van der Waals surface area (Å²) in [5.41, 5.74) is 2.22. The molecule has 0 heterocycles. The fraction of sp³-hybridized carbons (Fsp3) is 0.333. The lowest BCUT2D eigenvalue weighted by Crippen LogP contribution is -2.25. The Bertz CT molecular complexity index is 542. The van der Waals surface area contributed by atoms with Gasteiger partial charge in [-0.05, 0) is 49.7 Å². The van der Waals surface area contributed by atoms with Gasteiger partial charge >= 0.3 is 0 Å². The zero-order valence-electron chi connectivity index (χ0n) is 12.7. The normalized spacial score (nSPS) is 12.1. The minimum absolute atomic E-state index is 0.169. The summed E-state index contributed by atoms with van der Waals surface area (Å²) in [4.78, 5) is 2.24.